The normalized spacial score (nSPS) is 24.1. The number of nitrogens with zero attached hydrogens (tertiary/aromatic N) is 1. The summed E-state index contributed by atoms with van der Waals surface area (Å²) < 4.78 is 0. The first-order valence-electron chi connectivity index (χ1n) is 4.98. The van der Waals surface area contributed by atoms with E-state index in [1.807, 2.05) is 0 Å². The zero-order valence-corrected chi connectivity index (χ0v) is 8.38. The van der Waals surface area contributed by atoms with Gasteiger partial charge in [0.15, 0.2) is 0 Å². The Bertz CT molecular complexity index is 339. The van der Waals surface area contributed by atoms with Crippen molar-refractivity contribution in [3.8, 4) is 12.3 Å². The number of terminal acetylenes is 1. The van der Waals surface area contributed by atoms with E-state index in [4.69, 9.17) is 6.42 Å². The van der Waals surface area contributed by atoms with Gasteiger partial charge < -0.3 is 10.6 Å². The van der Waals surface area contributed by atoms with E-state index in [9.17, 15) is 9.59 Å². The minimum Gasteiger partial charge on any atom is -0.323 e. The van der Waals surface area contributed by atoms with Crippen molar-refractivity contribution in [2.75, 3.05) is 19.6 Å². The number of urea groups is 1. The van der Waals surface area contributed by atoms with Crippen LogP contribution in [-0.2, 0) is 4.79 Å². The summed E-state index contributed by atoms with van der Waals surface area (Å²) in [5.74, 6) is 2.15. The fourth-order valence-electron chi connectivity index (χ4n) is 2.10. The summed E-state index contributed by atoms with van der Waals surface area (Å²) in [6, 6.07) is -0.361. The van der Waals surface area contributed by atoms with Crippen LogP contribution in [0.25, 0.3) is 0 Å². The highest BCUT2D eigenvalue weighted by atomic mass is 16.2. The third-order valence-corrected chi connectivity index (χ3v) is 2.95. The maximum atomic E-state index is 12.0. The highest BCUT2D eigenvalue weighted by Gasteiger charge is 2.50. The number of amides is 3. The molecule has 15 heavy (non-hydrogen) atoms. The summed E-state index contributed by atoms with van der Waals surface area (Å²) in [5.41, 5.74) is -0.695. The molecule has 2 heterocycles. The van der Waals surface area contributed by atoms with E-state index in [1.165, 1.54) is 0 Å². The van der Waals surface area contributed by atoms with Crippen LogP contribution < -0.4 is 10.6 Å². The average Bonchev–Trinajstić information content (AvgIpc) is 2.45. The number of piperidine rings is 1. The molecule has 0 aliphatic carbocycles. The zero-order chi connectivity index (χ0) is 10.9. The van der Waals surface area contributed by atoms with Gasteiger partial charge in [0.2, 0.25) is 0 Å². The van der Waals surface area contributed by atoms with Crippen molar-refractivity contribution in [3.05, 3.63) is 0 Å². The first-order chi connectivity index (χ1) is 7.19. The molecule has 0 atom stereocenters. The van der Waals surface area contributed by atoms with Crippen LogP contribution in [0.15, 0.2) is 0 Å². The van der Waals surface area contributed by atoms with Crippen molar-refractivity contribution in [1.82, 2.24) is 15.5 Å². The molecule has 0 aromatic rings. The third kappa shape index (κ3) is 1.47. The molecule has 5 heteroatoms. The number of hydrogen-bond acceptors (Lipinski definition) is 3. The molecule has 3 amide bonds. The lowest BCUT2D eigenvalue weighted by atomic mass is 9.88. The zero-order valence-electron chi connectivity index (χ0n) is 8.38. The maximum absolute atomic E-state index is 12.0. The Kier molecular flexibility index (Phi) is 2.37. The summed E-state index contributed by atoms with van der Waals surface area (Å²) >= 11 is 0. The SMILES string of the molecule is C#CCN1C(=O)NC2(CCNCC2)C1=O. The van der Waals surface area contributed by atoms with Crippen LogP contribution in [-0.4, -0.2) is 42.0 Å². The van der Waals surface area contributed by atoms with Crippen LogP contribution in [0.5, 0.6) is 0 Å². The Hall–Kier alpha value is -1.54. The second-order valence-electron chi connectivity index (χ2n) is 3.86. The highest BCUT2D eigenvalue weighted by Crippen LogP contribution is 2.26. The summed E-state index contributed by atoms with van der Waals surface area (Å²) in [4.78, 5) is 24.6. The minimum atomic E-state index is -0.695. The standard InChI is InChI=1S/C10H13N3O2/c1-2-7-13-8(14)10(12-9(13)15)3-5-11-6-4-10/h1,11H,3-7H2,(H,12,15). The summed E-state index contributed by atoms with van der Waals surface area (Å²) in [7, 11) is 0. The van der Waals surface area contributed by atoms with E-state index in [2.05, 4.69) is 16.6 Å². The molecule has 0 aromatic carbocycles. The van der Waals surface area contributed by atoms with Gasteiger partial charge in [-0.15, -0.1) is 6.42 Å². The van der Waals surface area contributed by atoms with Crippen LogP contribution >= 0.6 is 0 Å². The Morgan fingerprint density at radius 1 is 1.40 bits per heavy atom. The molecule has 0 radical (unpaired) electrons. The molecule has 2 rings (SSSR count). The van der Waals surface area contributed by atoms with Crippen molar-refractivity contribution in [2.24, 2.45) is 0 Å². The summed E-state index contributed by atoms with van der Waals surface area (Å²) in [5, 5.41) is 5.91. The molecule has 2 N–H and O–H groups in total. The van der Waals surface area contributed by atoms with Crippen LogP contribution in [0.3, 0.4) is 0 Å². The predicted molar refractivity (Wildman–Crippen MR) is 53.9 cm³/mol. The molecule has 2 aliphatic rings. The summed E-state index contributed by atoms with van der Waals surface area (Å²) in [6.07, 6.45) is 6.39. The number of carbonyl (C=O) groups excluding carboxylic acids is 2. The fraction of sp³-hybridized carbons (Fsp3) is 0.600. The number of hydrogen-bond donors (Lipinski definition) is 2. The van der Waals surface area contributed by atoms with Crippen molar-refractivity contribution in [1.29, 1.82) is 0 Å². The Morgan fingerprint density at radius 3 is 2.67 bits per heavy atom. The van der Waals surface area contributed by atoms with Crippen LogP contribution in [0, 0.1) is 12.3 Å². The van der Waals surface area contributed by atoms with Crippen molar-refractivity contribution >= 4 is 11.9 Å². The van der Waals surface area contributed by atoms with E-state index >= 15 is 0 Å². The van der Waals surface area contributed by atoms with Crippen molar-refractivity contribution in [2.45, 2.75) is 18.4 Å². The number of carbonyl (C=O) groups is 2. The van der Waals surface area contributed by atoms with Crippen LogP contribution in [0.1, 0.15) is 12.8 Å². The van der Waals surface area contributed by atoms with Crippen molar-refractivity contribution in [3.63, 3.8) is 0 Å². The molecule has 2 fully saturated rings. The second kappa shape index (κ2) is 3.55. The van der Waals surface area contributed by atoms with E-state index in [-0.39, 0.29) is 18.5 Å². The van der Waals surface area contributed by atoms with Crippen LogP contribution in [0.2, 0.25) is 0 Å². The lowest BCUT2D eigenvalue weighted by Crippen LogP contribution is -2.53. The quantitative estimate of drug-likeness (QED) is 0.441. The molecule has 0 saturated carbocycles. The maximum Gasteiger partial charge on any atom is 0.325 e. The van der Waals surface area contributed by atoms with Gasteiger partial charge in [-0.1, -0.05) is 5.92 Å². The second-order valence-corrected chi connectivity index (χ2v) is 3.86. The Morgan fingerprint density at radius 2 is 2.07 bits per heavy atom. The largest absolute Gasteiger partial charge is 0.325 e. The van der Waals surface area contributed by atoms with Gasteiger partial charge in [-0.3, -0.25) is 9.69 Å². The van der Waals surface area contributed by atoms with E-state index in [1.54, 1.807) is 0 Å². The van der Waals surface area contributed by atoms with Gasteiger partial charge in [0, 0.05) is 0 Å². The van der Waals surface area contributed by atoms with Gasteiger partial charge in [-0.25, -0.2) is 4.79 Å². The van der Waals surface area contributed by atoms with Gasteiger partial charge in [0.05, 0.1) is 6.54 Å². The summed E-state index contributed by atoms with van der Waals surface area (Å²) in [6.45, 7) is 1.55. The molecule has 0 aromatic heterocycles. The highest BCUT2D eigenvalue weighted by molar-refractivity contribution is 6.07. The minimum absolute atomic E-state index is 0.0554. The third-order valence-electron chi connectivity index (χ3n) is 2.95. The average molecular weight is 207 g/mol. The van der Waals surface area contributed by atoms with Gasteiger partial charge in [0.1, 0.15) is 5.54 Å². The number of nitrogens with one attached hydrogen (secondary N) is 2. The molecular formula is C10H13N3O2. The van der Waals surface area contributed by atoms with E-state index in [0.717, 1.165) is 18.0 Å². The number of imide groups is 1. The topological polar surface area (TPSA) is 61.4 Å². The predicted octanol–water partition coefficient (Wildman–Crippen LogP) is -0.706. The van der Waals surface area contributed by atoms with Gasteiger partial charge in [-0.2, -0.15) is 0 Å². The molecule has 1 spiro atoms. The smallest absolute Gasteiger partial charge is 0.323 e. The molecule has 5 nitrogen and oxygen atoms in total. The lowest BCUT2D eigenvalue weighted by Gasteiger charge is -2.30. The van der Waals surface area contributed by atoms with Gasteiger partial charge >= 0.3 is 6.03 Å². The molecule has 2 saturated heterocycles. The lowest BCUT2D eigenvalue weighted by molar-refractivity contribution is -0.131. The first kappa shape index (κ1) is 9.99. The van der Waals surface area contributed by atoms with Crippen LogP contribution in [0.4, 0.5) is 4.79 Å². The Labute approximate surface area is 88.2 Å². The van der Waals surface area contributed by atoms with Crippen molar-refractivity contribution < 1.29 is 9.59 Å². The molecule has 80 valence electrons. The Balaban J connectivity index is 2.20. The van der Waals surface area contributed by atoms with Gasteiger partial charge in [-0.05, 0) is 25.9 Å². The molecular weight excluding hydrogens is 194 g/mol. The monoisotopic (exact) mass is 207 g/mol. The number of rotatable bonds is 1. The van der Waals surface area contributed by atoms with E-state index in [0.29, 0.717) is 12.8 Å². The van der Waals surface area contributed by atoms with Gasteiger partial charge in [0.25, 0.3) is 5.91 Å². The fourth-order valence-corrected chi connectivity index (χ4v) is 2.10. The molecule has 2 aliphatic heterocycles. The molecule has 0 unspecified atom stereocenters. The molecule has 0 bridgehead atoms. The first-order valence-corrected chi connectivity index (χ1v) is 4.98. The van der Waals surface area contributed by atoms with E-state index < -0.39 is 5.54 Å².